The van der Waals surface area contributed by atoms with E-state index in [4.69, 9.17) is 0 Å². The zero-order valence-corrected chi connectivity index (χ0v) is 11.8. The second-order valence-corrected chi connectivity index (χ2v) is 4.60. The third kappa shape index (κ3) is 4.31. The lowest BCUT2D eigenvalue weighted by Gasteiger charge is -2.31. The summed E-state index contributed by atoms with van der Waals surface area (Å²) in [6.07, 6.45) is 0. The molecule has 0 spiro atoms. The summed E-state index contributed by atoms with van der Waals surface area (Å²) in [5.41, 5.74) is 0.575. The number of hydrogen-bond acceptors (Lipinski definition) is 3. The van der Waals surface area contributed by atoms with Crippen LogP contribution in [0.25, 0.3) is 0 Å². The van der Waals surface area contributed by atoms with Crippen LogP contribution in [0.3, 0.4) is 0 Å². The number of alkyl halides is 2. The number of anilines is 1. The fourth-order valence-electron chi connectivity index (χ4n) is 1.85. The Kier molecular flexibility index (Phi) is 6.16. The molecule has 7 heteroatoms. The van der Waals surface area contributed by atoms with Crippen LogP contribution in [0, 0.1) is 11.8 Å². The Balaban J connectivity index is 0.00000200. The van der Waals surface area contributed by atoms with Gasteiger partial charge in [0.25, 0.3) is 0 Å². The maximum atomic E-state index is 12.0. The lowest BCUT2D eigenvalue weighted by Crippen LogP contribution is -2.48. The normalized spacial score (nSPS) is 16.0. The molecule has 0 saturated carbocycles. The number of nitrogens with one attached hydrogen (secondary N) is 2. The molecule has 1 heterocycles. The van der Waals surface area contributed by atoms with E-state index in [1.54, 1.807) is 12.1 Å². The predicted octanol–water partition coefficient (Wildman–Crippen LogP) is 2.50. The average Bonchev–Trinajstić information content (AvgIpc) is 2.28. The van der Waals surface area contributed by atoms with Crippen LogP contribution in [0.2, 0.25) is 0 Å². The van der Waals surface area contributed by atoms with Crippen molar-refractivity contribution in [1.29, 1.82) is 0 Å². The maximum absolute atomic E-state index is 12.0. The molecule has 1 unspecified atom stereocenters. The number of carbonyl (C=O) groups excluding carboxylic acids is 1. The van der Waals surface area contributed by atoms with Crippen LogP contribution in [0.15, 0.2) is 24.3 Å². The summed E-state index contributed by atoms with van der Waals surface area (Å²) in [5, 5.41) is 5.88. The van der Waals surface area contributed by atoms with E-state index >= 15 is 0 Å². The van der Waals surface area contributed by atoms with E-state index in [-0.39, 0.29) is 30.0 Å². The van der Waals surface area contributed by atoms with Gasteiger partial charge in [0.2, 0.25) is 5.91 Å². The molecule has 20 heavy (non-hydrogen) atoms. The first-order valence-electron chi connectivity index (χ1n) is 6.12. The van der Waals surface area contributed by atoms with E-state index in [1.165, 1.54) is 12.1 Å². The van der Waals surface area contributed by atoms with Crippen molar-refractivity contribution in [1.82, 2.24) is 5.32 Å². The maximum Gasteiger partial charge on any atom is 0.387 e. The highest BCUT2D eigenvalue weighted by molar-refractivity contribution is 5.92. The van der Waals surface area contributed by atoms with Gasteiger partial charge in [-0.1, -0.05) is 6.92 Å². The van der Waals surface area contributed by atoms with Crippen molar-refractivity contribution in [2.75, 3.05) is 18.4 Å². The molecule has 1 aliphatic rings. The second kappa shape index (κ2) is 7.40. The highest BCUT2D eigenvalue weighted by Gasteiger charge is 2.28. The van der Waals surface area contributed by atoms with Gasteiger partial charge in [0, 0.05) is 11.6 Å². The molecule has 4 nitrogen and oxygen atoms in total. The Morgan fingerprint density at radius 3 is 2.40 bits per heavy atom. The molecule has 2 N–H and O–H groups in total. The smallest absolute Gasteiger partial charge is 0.387 e. The first-order valence-corrected chi connectivity index (χ1v) is 6.12. The minimum absolute atomic E-state index is 0. The molecule has 1 amide bonds. The number of ether oxygens (including phenoxy) is 1. The van der Waals surface area contributed by atoms with Crippen molar-refractivity contribution in [3.05, 3.63) is 24.3 Å². The van der Waals surface area contributed by atoms with Crippen LogP contribution in [0.4, 0.5) is 14.5 Å². The van der Waals surface area contributed by atoms with Crippen molar-refractivity contribution in [2.24, 2.45) is 11.8 Å². The fourth-order valence-corrected chi connectivity index (χ4v) is 1.85. The molecule has 1 aromatic carbocycles. The lowest BCUT2D eigenvalue weighted by atomic mass is 9.88. The predicted molar refractivity (Wildman–Crippen MR) is 74.5 cm³/mol. The van der Waals surface area contributed by atoms with Crippen molar-refractivity contribution in [3.63, 3.8) is 0 Å². The molecule has 2 rings (SSSR count). The van der Waals surface area contributed by atoms with Crippen LogP contribution in [0.1, 0.15) is 6.92 Å². The monoisotopic (exact) mass is 306 g/mol. The van der Waals surface area contributed by atoms with Gasteiger partial charge in [-0.3, -0.25) is 4.79 Å². The standard InChI is InChI=1S/C13H16F2N2O2.ClH/c1-8(9-6-16-7-9)12(18)17-10-2-4-11(5-3-10)19-13(14)15;/h2-5,8-9,13,16H,6-7H2,1H3,(H,17,18);1H. The summed E-state index contributed by atoms with van der Waals surface area (Å²) < 4.78 is 28.2. The molecule has 0 aliphatic carbocycles. The Bertz CT molecular complexity index is 439. The van der Waals surface area contributed by atoms with Gasteiger partial charge in [-0.05, 0) is 43.3 Å². The lowest BCUT2D eigenvalue weighted by molar-refractivity contribution is -0.121. The number of benzene rings is 1. The molecular weight excluding hydrogens is 290 g/mol. The van der Waals surface area contributed by atoms with Crippen LogP contribution in [-0.2, 0) is 4.79 Å². The molecular formula is C13H17ClF2N2O2. The molecule has 1 fully saturated rings. The zero-order valence-electron chi connectivity index (χ0n) is 10.9. The van der Waals surface area contributed by atoms with Gasteiger partial charge < -0.3 is 15.4 Å². The number of hydrogen-bond donors (Lipinski definition) is 2. The van der Waals surface area contributed by atoms with Gasteiger partial charge in [0.1, 0.15) is 5.75 Å². The number of amides is 1. The highest BCUT2D eigenvalue weighted by atomic mass is 35.5. The Hall–Kier alpha value is -1.40. The molecule has 1 aliphatic heterocycles. The third-order valence-electron chi connectivity index (χ3n) is 3.28. The first-order chi connectivity index (χ1) is 9.06. The van der Waals surface area contributed by atoms with Crippen LogP contribution in [0.5, 0.6) is 5.75 Å². The fraction of sp³-hybridized carbons (Fsp3) is 0.462. The zero-order chi connectivity index (χ0) is 13.8. The minimum atomic E-state index is -2.84. The topological polar surface area (TPSA) is 50.4 Å². The summed E-state index contributed by atoms with van der Waals surface area (Å²) in [7, 11) is 0. The summed E-state index contributed by atoms with van der Waals surface area (Å²) in [4.78, 5) is 11.9. The van der Waals surface area contributed by atoms with Gasteiger partial charge in [-0.2, -0.15) is 8.78 Å². The van der Waals surface area contributed by atoms with Crippen LogP contribution < -0.4 is 15.4 Å². The molecule has 1 saturated heterocycles. The van der Waals surface area contributed by atoms with E-state index < -0.39 is 6.61 Å². The molecule has 112 valence electrons. The summed E-state index contributed by atoms with van der Waals surface area (Å²) in [6.45, 7) is 0.757. The SMILES string of the molecule is CC(C(=O)Nc1ccc(OC(F)F)cc1)C1CNC1.Cl. The Labute approximate surface area is 122 Å². The van der Waals surface area contributed by atoms with E-state index in [0.717, 1.165) is 13.1 Å². The molecule has 1 atom stereocenters. The van der Waals surface area contributed by atoms with Crippen molar-refractivity contribution in [3.8, 4) is 5.75 Å². The van der Waals surface area contributed by atoms with Crippen molar-refractivity contribution >= 4 is 24.0 Å². The highest BCUT2D eigenvalue weighted by Crippen LogP contribution is 2.21. The van der Waals surface area contributed by atoms with E-state index in [9.17, 15) is 13.6 Å². The molecule has 0 aromatic heterocycles. The van der Waals surface area contributed by atoms with E-state index in [1.807, 2.05) is 6.92 Å². The third-order valence-corrected chi connectivity index (χ3v) is 3.28. The number of carbonyl (C=O) groups is 1. The molecule has 0 radical (unpaired) electrons. The Morgan fingerprint density at radius 1 is 1.35 bits per heavy atom. The first kappa shape index (κ1) is 16.7. The van der Waals surface area contributed by atoms with E-state index in [0.29, 0.717) is 11.6 Å². The quantitative estimate of drug-likeness (QED) is 0.879. The van der Waals surface area contributed by atoms with Gasteiger partial charge in [0.05, 0.1) is 0 Å². The van der Waals surface area contributed by atoms with E-state index in [2.05, 4.69) is 15.4 Å². The van der Waals surface area contributed by atoms with Crippen LogP contribution in [-0.4, -0.2) is 25.6 Å². The van der Waals surface area contributed by atoms with Crippen molar-refractivity contribution in [2.45, 2.75) is 13.5 Å². The van der Waals surface area contributed by atoms with Gasteiger partial charge in [-0.15, -0.1) is 12.4 Å². The average molecular weight is 307 g/mol. The number of rotatable bonds is 5. The summed E-state index contributed by atoms with van der Waals surface area (Å²) in [6, 6.07) is 5.89. The largest absolute Gasteiger partial charge is 0.435 e. The van der Waals surface area contributed by atoms with Gasteiger partial charge in [0.15, 0.2) is 0 Å². The molecule has 0 bridgehead atoms. The number of halogens is 3. The Morgan fingerprint density at radius 2 is 1.95 bits per heavy atom. The molecule has 1 aromatic rings. The summed E-state index contributed by atoms with van der Waals surface area (Å²) >= 11 is 0. The second-order valence-electron chi connectivity index (χ2n) is 4.60. The minimum Gasteiger partial charge on any atom is -0.435 e. The summed E-state index contributed by atoms with van der Waals surface area (Å²) in [5.74, 6) is 0.304. The van der Waals surface area contributed by atoms with Gasteiger partial charge in [-0.25, -0.2) is 0 Å². The van der Waals surface area contributed by atoms with Gasteiger partial charge >= 0.3 is 6.61 Å². The van der Waals surface area contributed by atoms with Crippen LogP contribution >= 0.6 is 12.4 Å². The van der Waals surface area contributed by atoms with Crippen molar-refractivity contribution < 1.29 is 18.3 Å².